The van der Waals surface area contributed by atoms with Gasteiger partial charge in [0, 0.05) is 18.8 Å². The molecule has 3 N–H and O–H groups in total. The lowest BCUT2D eigenvalue weighted by molar-refractivity contribution is -0.139. The summed E-state index contributed by atoms with van der Waals surface area (Å²) in [7, 11) is 1.44. The van der Waals surface area contributed by atoms with Crippen LogP contribution >= 0.6 is 22.6 Å². The van der Waals surface area contributed by atoms with Gasteiger partial charge in [-0.05, 0) is 77.4 Å². The fourth-order valence-electron chi connectivity index (χ4n) is 3.13. The van der Waals surface area contributed by atoms with Gasteiger partial charge in [0.25, 0.3) is 5.91 Å². The number of hydrogen-bond acceptors (Lipinski definition) is 7. The van der Waals surface area contributed by atoms with Gasteiger partial charge in [0.1, 0.15) is 5.82 Å². The Balaban J connectivity index is 1.52. The molecule has 0 saturated carbocycles. The summed E-state index contributed by atoms with van der Waals surface area (Å²) in [5.74, 6) is -1.84. The fraction of sp³-hybridized carbons (Fsp3) is 0.304. The zero-order chi connectivity index (χ0) is 25.2. The van der Waals surface area contributed by atoms with Crippen LogP contribution in [-0.4, -0.2) is 56.9 Å². The van der Waals surface area contributed by atoms with Crippen LogP contribution in [0.4, 0.5) is 10.1 Å². The smallest absolute Gasteiger partial charge is 0.329 e. The second kappa shape index (κ2) is 13.0. The summed E-state index contributed by atoms with van der Waals surface area (Å²) in [5.41, 5.74) is 3.18. The molecule has 2 aromatic rings. The van der Waals surface area contributed by atoms with Crippen LogP contribution in [-0.2, 0) is 19.1 Å². The van der Waals surface area contributed by atoms with Crippen molar-refractivity contribution < 1.29 is 33.0 Å². The topological polar surface area (TPSA) is 127 Å². The summed E-state index contributed by atoms with van der Waals surface area (Å²) < 4.78 is 30.0. The predicted octanol–water partition coefficient (Wildman–Crippen LogP) is 2.20. The molecule has 3 amide bonds. The highest BCUT2D eigenvalue weighted by atomic mass is 127. The first-order valence-electron chi connectivity index (χ1n) is 10.6. The van der Waals surface area contributed by atoms with Crippen LogP contribution in [0.1, 0.15) is 18.4 Å². The average Bonchev–Trinajstić information content (AvgIpc) is 3.36. The second-order valence-electron chi connectivity index (χ2n) is 7.42. The molecule has 1 saturated heterocycles. The van der Waals surface area contributed by atoms with Crippen molar-refractivity contribution >= 4 is 52.2 Å². The van der Waals surface area contributed by atoms with E-state index in [9.17, 15) is 18.8 Å². The number of rotatable bonds is 9. The number of nitrogens with one attached hydrogen (secondary N) is 3. The molecule has 10 nitrogen and oxygen atoms in total. The highest BCUT2D eigenvalue weighted by molar-refractivity contribution is 14.1. The summed E-state index contributed by atoms with van der Waals surface area (Å²) in [6.45, 7) is 0.634. The van der Waals surface area contributed by atoms with E-state index in [1.54, 1.807) is 12.1 Å². The second-order valence-corrected chi connectivity index (χ2v) is 8.58. The number of methoxy groups -OCH3 is 1. The van der Waals surface area contributed by atoms with Gasteiger partial charge < -0.3 is 24.8 Å². The van der Waals surface area contributed by atoms with E-state index in [1.807, 2.05) is 22.6 Å². The van der Waals surface area contributed by atoms with Crippen molar-refractivity contribution in [1.82, 2.24) is 10.7 Å². The number of hydrogen-bond donors (Lipinski definition) is 3. The Labute approximate surface area is 214 Å². The summed E-state index contributed by atoms with van der Waals surface area (Å²) in [6, 6.07) is 8.66. The van der Waals surface area contributed by atoms with E-state index in [0.29, 0.717) is 32.9 Å². The van der Waals surface area contributed by atoms with Gasteiger partial charge in [0.05, 0.1) is 23.0 Å². The number of halogens is 2. The number of nitrogens with zero attached hydrogens (tertiary/aromatic N) is 1. The maximum absolute atomic E-state index is 13.0. The maximum atomic E-state index is 13.0. The molecule has 0 unspecified atom stereocenters. The van der Waals surface area contributed by atoms with E-state index in [0.717, 1.165) is 12.8 Å². The van der Waals surface area contributed by atoms with Gasteiger partial charge >= 0.3 is 11.8 Å². The van der Waals surface area contributed by atoms with Crippen LogP contribution in [0.25, 0.3) is 0 Å². The molecule has 1 aliphatic heterocycles. The van der Waals surface area contributed by atoms with Crippen LogP contribution in [0, 0.1) is 9.39 Å². The molecule has 1 atom stereocenters. The van der Waals surface area contributed by atoms with Crippen LogP contribution < -0.4 is 25.5 Å². The van der Waals surface area contributed by atoms with Gasteiger partial charge in [-0.15, -0.1) is 0 Å². The van der Waals surface area contributed by atoms with Crippen LogP contribution in [0.5, 0.6) is 11.5 Å². The van der Waals surface area contributed by atoms with Crippen molar-refractivity contribution in [3.05, 3.63) is 51.3 Å². The van der Waals surface area contributed by atoms with E-state index < -0.39 is 23.5 Å². The van der Waals surface area contributed by atoms with Gasteiger partial charge in [-0.25, -0.2) is 9.82 Å². The quantitative estimate of drug-likeness (QED) is 0.176. The lowest BCUT2D eigenvalue weighted by atomic mass is 10.2. The molecular weight excluding hydrogens is 574 g/mol. The third-order valence-corrected chi connectivity index (χ3v) is 5.63. The number of carbonyl (C=O) groups excluding carboxylic acids is 3. The van der Waals surface area contributed by atoms with Gasteiger partial charge in [0.2, 0.25) is 0 Å². The van der Waals surface area contributed by atoms with Crippen molar-refractivity contribution in [2.24, 2.45) is 5.10 Å². The molecule has 0 aromatic heterocycles. The molecule has 0 spiro atoms. The van der Waals surface area contributed by atoms with Gasteiger partial charge in [0.15, 0.2) is 18.1 Å². The van der Waals surface area contributed by atoms with Crippen molar-refractivity contribution in [1.29, 1.82) is 0 Å². The Morgan fingerprint density at radius 3 is 2.69 bits per heavy atom. The van der Waals surface area contributed by atoms with Crippen molar-refractivity contribution in [3.8, 4) is 11.5 Å². The predicted molar refractivity (Wildman–Crippen MR) is 134 cm³/mol. The van der Waals surface area contributed by atoms with Crippen LogP contribution in [0.15, 0.2) is 41.5 Å². The van der Waals surface area contributed by atoms with E-state index >= 15 is 0 Å². The number of ether oxygens (including phenoxy) is 3. The summed E-state index contributed by atoms with van der Waals surface area (Å²) >= 11 is 2.01. The largest absolute Gasteiger partial charge is 0.493 e. The molecule has 1 heterocycles. The molecule has 12 heteroatoms. The fourth-order valence-corrected chi connectivity index (χ4v) is 3.91. The van der Waals surface area contributed by atoms with Gasteiger partial charge in [-0.3, -0.25) is 14.4 Å². The molecule has 35 heavy (non-hydrogen) atoms. The summed E-state index contributed by atoms with van der Waals surface area (Å²) in [6.07, 6.45) is 3.06. The monoisotopic (exact) mass is 598 g/mol. The minimum Gasteiger partial charge on any atom is -0.493 e. The minimum absolute atomic E-state index is 0.0699. The van der Waals surface area contributed by atoms with E-state index in [1.165, 1.54) is 37.6 Å². The Morgan fingerprint density at radius 2 is 2.00 bits per heavy atom. The normalized spacial score (nSPS) is 15.0. The number of amides is 3. The Hall–Kier alpha value is -3.26. The van der Waals surface area contributed by atoms with Crippen LogP contribution in [0.3, 0.4) is 0 Å². The SMILES string of the molecule is COc1cc(/C=N\NC(=O)C(=O)NC[C@@H]2CCCO2)cc(I)c1OCC(=O)Nc1ccc(F)cc1. The molecule has 186 valence electrons. The lowest BCUT2D eigenvalue weighted by Gasteiger charge is -2.13. The summed E-state index contributed by atoms with van der Waals surface area (Å²) in [4.78, 5) is 35.9. The molecule has 1 fully saturated rings. The first kappa shape index (κ1) is 26.3. The Bertz CT molecular complexity index is 1090. The lowest BCUT2D eigenvalue weighted by Crippen LogP contribution is -2.41. The van der Waals surface area contributed by atoms with E-state index in [-0.39, 0.29) is 19.3 Å². The van der Waals surface area contributed by atoms with Gasteiger partial charge in [-0.1, -0.05) is 0 Å². The molecule has 3 rings (SSSR count). The molecular formula is C23H24FIN4O6. The molecule has 0 bridgehead atoms. The van der Waals surface area contributed by atoms with Crippen molar-refractivity contribution in [2.75, 3.05) is 32.2 Å². The van der Waals surface area contributed by atoms with Gasteiger partial charge in [-0.2, -0.15) is 5.10 Å². The Morgan fingerprint density at radius 1 is 1.23 bits per heavy atom. The number of hydrazone groups is 1. The van der Waals surface area contributed by atoms with E-state index in [2.05, 4.69) is 21.2 Å². The molecule has 2 aromatic carbocycles. The average molecular weight is 598 g/mol. The van der Waals surface area contributed by atoms with E-state index in [4.69, 9.17) is 14.2 Å². The zero-order valence-electron chi connectivity index (χ0n) is 18.8. The third-order valence-electron chi connectivity index (χ3n) is 4.83. The van der Waals surface area contributed by atoms with Crippen molar-refractivity contribution in [3.63, 3.8) is 0 Å². The molecule has 0 aliphatic carbocycles. The zero-order valence-corrected chi connectivity index (χ0v) is 21.0. The highest BCUT2D eigenvalue weighted by Crippen LogP contribution is 2.33. The first-order chi connectivity index (χ1) is 16.9. The first-order valence-corrected chi connectivity index (χ1v) is 11.7. The number of carbonyl (C=O) groups is 3. The standard InChI is InChI=1S/C23H24FIN4O6/c1-33-19-10-14(11-27-29-23(32)22(31)26-12-17-3-2-8-34-17)9-18(25)21(19)35-13-20(30)28-16-6-4-15(24)5-7-16/h4-7,9-11,17H,2-3,8,12-13H2,1H3,(H,26,31)(H,28,30)(H,29,32)/b27-11-/t17-/m0/s1. The van der Waals surface area contributed by atoms with Crippen molar-refractivity contribution in [2.45, 2.75) is 18.9 Å². The number of anilines is 1. The van der Waals surface area contributed by atoms with Crippen LogP contribution in [0.2, 0.25) is 0 Å². The minimum atomic E-state index is -0.895. The number of benzene rings is 2. The maximum Gasteiger partial charge on any atom is 0.329 e. The molecule has 1 aliphatic rings. The summed E-state index contributed by atoms with van der Waals surface area (Å²) in [5, 5.41) is 8.93. The third kappa shape index (κ3) is 8.17. The highest BCUT2D eigenvalue weighted by Gasteiger charge is 2.19. The Kier molecular flexibility index (Phi) is 9.78. The molecule has 0 radical (unpaired) electrons.